The first kappa shape index (κ1) is 15.5. The number of carbonyl (C=O) groups excluding carboxylic acids is 1. The first-order valence-electron chi connectivity index (χ1n) is 8.21. The first-order valence-corrected chi connectivity index (χ1v) is 8.21. The standard InChI is InChI=1S/C17H18N6O2/c24-9-8-23-17-14(10-20-23)16(18-11-19-17)21-12-3-5-13(6-4-12)22-7-1-2-15(22)25/h3-6,10-11,24H,1-2,7-9H2,(H,18,19,21). The topological polar surface area (TPSA) is 96.2 Å². The van der Waals surface area contributed by atoms with Crippen molar-refractivity contribution in [3.63, 3.8) is 0 Å². The highest BCUT2D eigenvalue weighted by Crippen LogP contribution is 2.26. The Balaban J connectivity index is 1.58. The number of aliphatic hydroxyl groups is 1. The summed E-state index contributed by atoms with van der Waals surface area (Å²) in [6.45, 7) is 1.17. The maximum absolute atomic E-state index is 11.8. The van der Waals surface area contributed by atoms with Gasteiger partial charge in [-0.1, -0.05) is 0 Å². The number of amides is 1. The molecule has 0 saturated carbocycles. The van der Waals surface area contributed by atoms with Crippen LogP contribution >= 0.6 is 0 Å². The number of hydrogen-bond acceptors (Lipinski definition) is 6. The number of aromatic nitrogens is 4. The van der Waals surface area contributed by atoms with E-state index in [1.54, 1.807) is 10.9 Å². The van der Waals surface area contributed by atoms with Crippen LogP contribution in [0.15, 0.2) is 36.8 Å². The lowest BCUT2D eigenvalue weighted by atomic mass is 10.2. The molecule has 25 heavy (non-hydrogen) atoms. The summed E-state index contributed by atoms with van der Waals surface area (Å²) in [5.74, 6) is 0.828. The number of rotatable bonds is 5. The summed E-state index contributed by atoms with van der Waals surface area (Å²) < 4.78 is 1.64. The van der Waals surface area contributed by atoms with Crippen molar-refractivity contribution < 1.29 is 9.90 Å². The molecule has 0 spiro atoms. The second kappa shape index (κ2) is 6.48. The molecule has 0 radical (unpaired) electrons. The van der Waals surface area contributed by atoms with E-state index in [2.05, 4.69) is 20.4 Å². The Morgan fingerprint density at radius 2 is 2.04 bits per heavy atom. The highest BCUT2D eigenvalue weighted by atomic mass is 16.3. The Bertz CT molecular complexity index is 905. The van der Waals surface area contributed by atoms with Gasteiger partial charge in [-0.3, -0.25) is 4.79 Å². The van der Waals surface area contributed by atoms with Gasteiger partial charge in [0.15, 0.2) is 5.65 Å². The van der Waals surface area contributed by atoms with Gasteiger partial charge in [-0.25, -0.2) is 14.6 Å². The fourth-order valence-corrected chi connectivity index (χ4v) is 3.03. The largest absolute Gasteiger partial charge is 0.394 e. The third kappa shape index (κ3) is 2.91. The molecule has 1 saturated heterocycles. The fraction of sp³-hybridized carbons (Fsp3) is 0.294. The minimum Gasteiger partial charge on any atom is -0.394 e. The SMILES string of the molecule is O=C1CCCN1c1ccc(Nc2ncnc3c2cnn3CCO)cc1. The van der Waals surface area contributed by atoms with Crippen LogP contribution in [0.2, 0.25) is 0 Å². The van der Waals surface area contributed by atoms with E-state index in [1.165, 1.54) is 6.33 Å². The number of carbonyl (C=O) groups is 1. The van der Waals surface area contributed by atoms with Gasteiger partial charge in [0.2, 0.25) is 5.91 Å². The van der Waals surface area contributed by atoms with Crippen LogP contribution in [0.3, 0.4) is 0 Å². The monoisotopic (exact) mass is 338 g/mol. The Morgan fingerprint density at radius 3 is 2.76 bits per heavy atom. The molecule has 2 N–H and O–H groups in total. The van der Waals surface area contributed by atoms with Gasteiger partial charge in [-0.15, -0.1) is 0 Å². The van der Waals surface area contributed by atoms with E-state index in [0.717, 1.165) is 29.7 Å². The van der Waals surface area contributed by atoms with Crippen molar-refractivity contribution in [1.29, 1.82) is 0 Å². The number of nitrogens with one attached hydrogen (secondary N) is 1. The van der Waals surface area contributed by atoms with Crippen LogP contribution in [-0.4, -0.2) is 43.9 Å². The normalized spacial score (nSPS) is 14.4. The van der Waals surface area contributed by atoms with E-state index in [-0.39, 0.29) is 12.5 Å². The second-order valence-electron chi connectivity index (χ2n) is 5.87. The predicted molar refractivity (Wildman–Crippen MR) is 93.7 cm³/mol. The minimum atomic E-state index is 0.000225. The Kier molecular flexibility index (Phi) is 4.02. The van der Waals surface area contributed by atoms with E-state index in [4.69, 9.17) is 5.11 Å². The van der Waals surface area contributed by atoms with Crippen molar-refractivity contribution in [3.05, 3.63) is 36.8 Å². The third-order valence-electron chi connectivity index (χ3n) is 4.26. The van der Waals surface area contributed by atoms with Gasteiger partial charge in [-0.05, 0) is 30.7 Å². The first-order chi connectivity index (χ1) is 12.3. The smallest absolute Gasteiger partial charge is 0.227 e. The number of benzene rings is 1. The van der Waals surface area contributed by atoms with E-state index in [9.17, 15) is 4.79 Å². The van der Waals surface area contributed by atoms with Crippen LogP contribution in [0.1, 0.15) is 12.8 Å². The number of anilines is 3. The summed E-state index contributed by atoms with van der Waals surface area (Å²) in [6.07, 6.45) is 4.69. The molecule has 0 aliphatic carbocycles. The van der Waals surface area contributed by atoms with Gasteiger partial charge in [0.1, 0.15) is 12.1 Å². The van der Waals surface area contributed by atoms with Gasteiger partial charge in [0.25, 0.3) is 0 Å². The Morgan fingerprint density at radius 1 is 1.20 bits per heavy atom. The summed E-state index contributed by atoms with van der Waals surface area (Å²) >= 11 is 0. The van der Waals surface area contributed by atoms with E-state index in [1.807, 2.05) is 29.2 Å². The van der Waals surface area contributed by atoms with Crippen LogP contribution < -0.4 is 10.2 Å². The summed E-state index contributed by atoms with van der Waals surface area (Å²) in [6, 6.07) is 7.71. The lowest BCUT2D eigenvalue weighted by Crippen LogP contribution is -2.23. The molecule has 8 heteroatoms. The second-order valence-corrected chi connectivity index (χ2v) is 5.87. The zero-order chi connectivity index (χ0) is 17.2. The zero-order valence-corrected chi connectivity index (χ0v) is 13.6. The van der Waals surface area contributed by atoms with Gasteiger partial charge in [-0.2, -0.15) is 5.10 Å². The molecule has 1 fully saturated rings. The van der Waals surface area contributed by atoms with Gasteiger partial charge in [0, 0.05) is 24.3 Å². The summed E-state index contributed by atoms with van der Waals surface area (Å²) in [7, 11) is 0. The predicted octanol–water partition coefficient (Wildman–Crippen LogP) is 1.69. The van der Waals surface area contributed by atoms with Gasteiger partial charge in [0.05, 0.1) is 24.7 Å². The highest BCUT2D eigenvalue weighted by molar-refractivity contribution is 5.95. The molecular weight excluding hydrogens is 320 g/mol. The average molecular weight is 338 g/mol. The highest BCUT2D eigenvalue weighted by Gasteiger charge is 2.21. The van der Waals surface area contributed by atoms with Crippen LogP contribution in [0.25, 0.3) is 11.0 Å². The molecule has 128 valence electrons. The molecular formula is C17H18N6O2. The van der Waals surface area contributed by atoms with Crippen LogP contribution in [-0.2, 0) is 11.3 Å². The lowest BCUT2D eigenvalue weighted by Gasteiger charge is -2.16. The molecule has 3 heterocycles. The molecule has 1 aliphatic rings. The maximum Gasteiger partial charge on any atom is 0.227 e. The van der Waals surface area contributed by atoms with Crippen molar-refractivity contribution in [2.24, 2.45) is 0 Å². The van der Waals surface area contributed by atoms with Crippen LogP contribution in [0.5, 0.6) is 0 Å². The number of nitrogens with zero attached hydrogens (tertiary/aromatic N) is 5. The van der Waals surface area contributed by atoms with Crippen molar-refractivity contribution in [2.75, 3.05) is 23.4 Å². The molecule has 1 aliphatic heterocycles. The maximum atomic E-state index is 11.8. The molecule has 0 atom stereocenters. The molecule has 0 bridgehead atoms. The quantitative estimate of drug-likeness (QED) is 0.735. The van der Waals surface area contributed by atoms with Crippen molar-refractivity contribution in [1.82, 2.24) is 19.7 Å². The van der Waals surface area contributed by atoms with E-state index < -0.39 is 0 Å². The third-order valence-corrected chi connectivity index (χ3v) is 4.26. The van der Waals surface area contributed by atoms with Gasteiger partial charge >= 0.3 is 0 Å². The summed E-state index contributed by atoms with van der Waals surface area (Å²) in [4.78, 5) is 22.1. The zero-order valence-electron chi connectivity index (χ0n) is 13.6. The van der Waals surface area contributed by atoms with Crippen molar-refractivity contribution >= 4 is 34.1 Å². The number of aliphatic hydroxyl groups excluding tert-OH is 1. The van der Waals surface area contributed by atoms with Crippen LogP contribution in [0, 0.1) is 0 Å². The number of hydrogen-bond donors (Lipinski definition) is 2. The van der Waals surface area contributed by atoms with E-state index in [0.29, 0.717) is 24.4 Å². The van der Waals surface area contributed by atoms with Gasteiger partial charge < -0.3 is 15.3 Å². The molecule has 0 unspecified atom stereocenters. The van der Waals surface area contributed by atoms with Crippen molar-refractivity contribution in [3.8, 4) is 0 Å². The Hall–Kier alpha value is -3.00. The Labute approximate surface area is 144 Å². The average Bonchev–Trinajstić information content (AvgIpc) is 3.23. The van der Waals surface area contributed by atoms with Crippen LogP contribution in [0.4, 0.5) is 17.2 Å². The molecule has 4 rings (SSSR count). The van der Waals surface area contributed by atoms with E-state index >= 15 is 0 Å². The molecule has 1 aromatic carbocycles. The molecule has 2 aromatic heterocycles. The lowest BCUT2D eigenvalue weighted by molar-refractivity contribution is -0.117. The number of fused-ring (bicyclic) bond motifs is 1. The summed E-state index contributed by atoms with van der Waals surface area (Å²) in [5.41, 5.74) is 2.45. The molecule has 1 amide bonds. The molecule has 8 nitrogen and oxygen atoms in total. The molecule has 3 aromatic rings. The fourth-order valence-electron chi connectivity index (χ4n) is 3.03. The summed E-state index contributed by atoms with van der Waals surface area (Å²) in [5, 5.41) is 17.4. The van der Waals surface area contributed by atoms with Crippen molar-refractivity contribution in [2.45, 2.75) is 19.4 Å². The minimum absolute atomic E-state index is 0.000225.